The highest BCUT2D eigenvalue weighted by Crippen LogP contribution is 2.26. The van der Waals surface area contributed by atoms with Crippen molar-refractivity contribution in [1.82, 2.24) is 14.3 Å². The molecular weight excluding hydrogens is 614 g/mol. The van der Waals surface area contributed by atoms with E-state index < -0.39 is 79.5 Å². The van der Waals surface area contributed by atoms with Crippen molar-refractivity contribution >= 4 is 50.3 Å². The molecule has 233 valence electrons. The molecule has 0 aliphatic rings. The molecule has 6 N–H and O–H groups in total. The molecule has 0 aromatic heterocycles. The lowest BCUT2D eigenvalue weighted by atomic mass is 9.93. The van der Waals surface area contributed by atoms with Crippen LogP contribution in [-0.4, -0.2) is 95.7 Å². The van der Waals surface area contributed by atoms with E-state index in [1.807, 2.05) is 0 Å². The van der Waals surface area contributed by atoms with E-state index in [4.69, 9.17) is 0 Å². The summed E-state index contributed by atoms with van der Waals surface area (Å²) in [6, 6.07) is 11.2. The van der Waals surface area contributed by atoms with E-state index in [1.54, 1.807) is 30.3 Å². The average molecular weight is 643 g/mol. The van der Waals surface area contributed by atoms with Crippen LogP contribution in [0.5, 0.6) is 0 Å². The molecule has 2 rings (SSSR count). The minimum atomic E-state index is -5.88. The second-order valence-electron chi connectivity index (χ2n) is 9.13. The second-order valence-corrected chi connectivity index (χ2v) is 13.4. The Bertz CT molecular complexity index is 1570. The fourth-order valence-electron chi connectivity index (χ4n) is 4.01. The van der Waals surface area contributed by atoms with Crippen LogP contribution < -0.4 is 10.0 Å². The number of nitrogens with zero attached hydrogens (tertiary/aromatic N) is 1. The Morgan fingerprint density at radius 1 is 0.837 bits per heavy atom. The molecule has 0 saturated carbocycles. The van der Waals surface area contributed by atoms with Gasteiger partial charge in [-0.25, -0.2) is 25.9 Å². The molecule has 1 radical (unpaired) electrons. The Morgan fingerprint density at radius 3 is 1.81 bits per heavy atom. The van der Waals surface area contributed by atoms with Crippen LogP contribution >= 0.6 is 0 Å². The zero-order valence-corrected chi connectivity index (χ0v) is 24.0. The first-order chi connectivity index (χ1) is 20.0. The van der Waals surface area contributed by atoms with E-state index in [0.717, 1.165) is 13.5 Å². The van der Waals surface area contributed by atoms with Gasteiger partial charge in [-0.1, -0.05) is 54.6 Å². The van der Waals surface area contributed by atoms with Gasteiger partial charge in [0.15, 0.2) is 5.92 Å². The molecule has 18 heteroatoms. The van der Waals surface area contributed by atoms with Crippen LogP contribution in [0.1, 0.15) is 16.7 Å². The first kappa shape index (κ1) is 34.8. The van der Waals surface area contributed by atoms with Crippen molar-refractivity contribution in [2.24, 2.45) is 5.92 Å². The minimum absolute atomic E-state index is 0.00671. The number of hydrogen-bond donors (Lipinski definition) is 6. The normalized spacial score (nSPS) is 14.0. The first-order valence-corrected chi connectivity index (χ1v) is 15.1. The topological polar surface area (TPSA) is 262 Å². The van der Waals surface area contributed by atoms with Gasteiger partial charge in [0.05, 0.1) is 0 Å². The predicted octanol–water partition coefficient (Wildman–Crippen LogP) is -1.17. The number of carbonyl (C=O) groups excluding carboxylic acids is 1. The molecule has 0 aliphatic heterocycles. The summed E-state index contributed by atoms with van der Waals surface area (Å²) >= 11 is 0. The van der Waals surface area contributed by atoms with Crippen LogP contribution in [0.15, 0.2) is 54.6 Å². The highest BCUT2D eigenvalue weighted by atomic mass is 32.3. The molecular formula is C25H28N3O13S2. The summed E-state index contributed by atoms with van der Waals surface area (Å²) in [4.78, 5) is 58.5. The average Bonchev–Trinajstić information content (AvgIpc) is 2.93. The highest BCUT2D eigenvalue weighted by molar-refractivity contribution is 8.09. The minimum Gasteiger partial charge on any atom is -0.481 e. The van der Waals surface area contributed by atoms with Gasteiger partial charge in [-0.2, -0.15) is 4.72 Å². The lowest BCUT2D eigenvalue weighted by molar-refractivity contribution is -0.154. The van der Waals surface area contributed by atoms with Crippen LogP contribution in [0.3, 0.4) is 0 Å². The Morgan fingerprint density at radius 2 is 1.35 bits per heavy atom. The maximum atomic E-state index is 13.5. The smallest absolute Gasteiger partial charge is 0.369 e. The number of sulfonamides is 2. The third kappa shape index (κ3) is 7.72. The number of aliphatic carboxylic acids is 4. The molecule has 2 unspecified atom stereocenters. The van der Waals surface area contributed by atoms with Crippen molar-refractivity contribution in [1.29, 1.82) is 0 Å². The number of likely N-dealkylation sites (N-methyl/N-ethyl adjacent to an activating group) is 1. The van der Waals surface area contributed by atoms with Crippen LogP contribution in [0.4, 0.5) is 0 Å². The zero-order chi connectivity index (χ0) is 32.6. The molecule has 0 spiro atoms. The Kier molecular flexibility index (Phi) is 11.5. The molecule has 43 heavy (non-hydrogen) atoms. The largest absolute Gasteiger partial charge is 0.481 e. The van der Waals surface area contributed by atoms with Crippen molar-refractivity contribution in [2.45, 2.75) is 29.5 Å². The van der Waals surface area contributed by atoms with Gasteiger partial charge in [0.1, 0.15) is 6.04 Å². The van der Waals surface area contributed by atoms with Crippen molar-refractivity contribution in [2.75, 3.05) is 13.6 Å². The standard InChI is InChI=1S/C25H28N3O13S2/c1-28(12-11-16-7-3-2-4-8-16)43(40,41)25(24(36)37,26-15-29)42(38,39)27-20(23(34)35)14-18-10-6-5-9-17(18)13-19(21(30)31)22(32)33/h2-10,19-20,27H,11-14H2,1H3,(H,26,29)(H,30,31)(H,32,33)(H,34,35)(H,36,37). The Labute approximate surface area is 246 Å². The Hall–Kier alpha value is -4.39. The molecule has 0 heterocycles. The third-order valence-corrected chi connectivity index (χ3v) is 11.3. The van der Waals surface area contributed by atoms with Crippen molar-refractivity contribution in [3.63, 3.8) is 0 Å². The van der Waals surface area contributed by atoms with Crippen LogP contribution in [0.2, 0.25) is 0 Å². The molecule has 2 aromatic carbocycles. The van der Waals surface area contributed by atoms with E-state index >= 15 is 0 Å². The molecule has 1 amide bonds. The monoisotopic (exact) mass is 642 g/mol. The number of benzene rings is 2. The van der Waals surface area contributed by atoms with Crippen molar-refractivity contribution < 1.29 is 61.2 Å². The quantitative estimate of drug-likeness (QED) is 0.0828. The molecule has 0 bridgehead atoms. The lowest BCUT2D eigenvalue weighted by Gasteiger charge is -2.32. The van der Waals surface area contributed by atoms with E-state index in [9.17, 15) is 61.2 Å². The summed E-state index contributed by atoms with van der Waals surface area (Å²) < 4.78 is 51.7. The summed E-state index contributed by atoms with van der Waals surface area (Å²) in [5, 5.41) is 39.4. The van der Waals surface area contributed by atoms with Gasteiger partial charge in [-0.3, -0.25) is 19.2 Å². The summed E-state index contributed by atoms with van der Waals surface area (Å²) in [6.45, 7) is -0.443. The predicted molar refractivity (Wildman–Crippen MR) is 147 cm³/mol. The summed E-state index contributed by atoms with van der Waals surface area (Å²) in [5.41, 5.74) is 0.586. The SMILES string of the molecule is CN(CCc1ccccc1)S(=O)(=O)C(N[C]=O)(C(=O)O)S(=O)(=O)NC(Cc1ccccc1CC(C(=O)O)C(=O)O)C(=O)O. The van der Waals surface area contributed by atoms with Crippen molar-refractivity contribution in [3.8, 4) is 0 Å². The van der Waals surface area contributed by atoms with Gasteiger partial charge >= 0.3 is 34.5 Å². The van der Waals surface area contributed by atoms with Gasteiger partial charge < -0.3 is 25.7 Å². The molecule has 0 aliphatic carbocycles. The number of rotatable bonds is 18. The zero-order valence-electron chi connectivity index (χ0n) is 22.4. The third-order valence-electron chi connectivity index (χ3n) is 6.37. The van der Waals surface area contributed by atoms with Gasteiger partial charge in [-0.15, -0.1) is 0 Å². The van der Waals surface area contributed by atoms with Crippen LogP contribution in [0, 0.1) is 5.92 Å². The fraction of sp³-hybridized carbons (Fsp3) is 0.320. The summed E-state index contributed by atoms with van der Waals surface area (Å²) in [7, 11) is -10.6. The van der Waals surface area contributed by atoms with E-state index in [1.165, 1.54) is 34.3 Å². The maximum Gasteiger partial charge on any atom is 0.369 e. The molecule has 2 atom stereocenters. The van der Waals surface area contributed by atoms with Crippen molar-refractivity contribution in [3.05, 3.63) is 71.3 Å². The number of nitrogens with one attached hydrogen (secondary N) is 2. The summed E-state index contributed by atoms with van der Waals surface area (Å²) in [6.07, 6.45) is -0.651. The molecule has 2 aromatic rings. The second kappa shape index (κ2) is 14.2. The summed E-state index contributed by atoms with van der Waals surface area (Å²) in [5.74, 6) is -9.82. The van der Waals surface area contributed by atoms with Gasteiger partial charge in [0.25, 0.3) is 20.0 Å². The first-order valence-electron chi connectivity index (χ1n) is 12.2. The van der Waals surface area contributed by atoms with Crippen LogP contribution in [-0.2, 0) is 63.3 Å². The van der Waals surface area contributed by atoms with Gasteiger partial charge in [-0.05, 0) is 36.0 Å². The molecule has 0 saturated heterocycles. The lowest BCUT2D eigenvalue weighted by Crippen LogP contribution is -2.70. The van der Waals surface area contributed by atoms with Crippen LogP contribution in [0.25, 0.3) is 0 Å². The van der Waals surface area contributed by atoms with E-state index in [-0.39, 0.29) is 17.5 Å². The number of hydrogen-bond acceptors (Lipinski definition) is 9. The highest BCUT2D eigenvalue weighted by Gasteiger charge is 2.65. The maximum absolute atomic E-state index is 13.5. The molecule has 0 fully saturated rings. The van der Waals surface area contributed by atoms with E-state index in [2.05, 4.69) is 0 Å². The number of carboxylic acids is 4. The Balaban J connectivity index is 2.52. The number of amides is 1. The van der Waals surface area contributed by atoms with Gasteiger partial charge in [0.2, 0.25) is 0 Å². The number of carbonyl (C=O) groups is 4. The van der Waals surface area contributed by atoms with Gasteiger partial charge in [0, 0.05) is 13.6 Å². The van der Waals surface area contributed by atoms with E-state index in [0.29, 0.717) is 9.87 Å². The fourth-order valence-corrected chi connectivity index (χ4v) is 7.94. The number of carboxylic acid groups (broad SMARTS) is 4. The molecule has 16 nitrogen and oxygen atoms in total.